The van der Waals surface area contributed by atoms with Crippen molar-refractivity contribution in [2.24, 2.45) is 17.1 Å². The first-order valence-corrected chi connectivity index (χ1v) is 8.02. The molecule has 1 heterocycles. The van der Waals surface area contributed by atoms with Gasteiger partial charge in [0.15, 0.2) is 0 Å². The first-order valence-electron chi connectivity index (χ1n) is 7.64. The summed E-state index contributed by atoms with van der Waals surface area (Å²) in [6.45, 7) is 9.79. The standard InChI is InChI=1S/C17H27ClN2O/c1-17(2,3)13-7-8-20(11-13)15(10-19)12-5-6-16(21-4)14(18)9-12/h5-6,9,13,15H,7-8,10-11,19H2,1-4H3. The fourth-order valence-electron chi connectivity index (χ4n) is 3.16. The SMILES string of the molecule is COc1ccc(C(CN)N2CCC(C(C)(C)C)C2)cc1Cl. The van der Waals surface area contributed by atoms with Gasteiger partial charge >= 0.3 is 0 Å². The number of nitrogens with two attached hydrogens (primary N) is 1. The lowest BCUT2D eigenvalue weighted by molar-refractivity contribution is 0.197. The average molecular weight is 311 g/mol. The van der Waals surface area contributed by atoms with E-state index in [2.05, 4.69) is 31.7 Å². The lowest BCUT2D eigenvalue weighted by Crippen LogP contribution is -2.33. The van der Waals surface area contributed by atoms with Crippen molar-refractivity contribution in [3.63, 3.8) is 0 Å². The molecule has 2 rings (SSSR count). The summed E-state index contributed by atoms with van der Waals surface area (Å²) < 4.78 is 5.22. The maximum atomic E-state index is 6.25. The third kappa shape index (κ3) is 3.71. The Balaban J connectivity index is 2.15. The van der Waals surface area contributed by atoms with Gasteiger partial charge in [0.2, 0.25) is 0 Å². The van der Waals surface area contributed by atoms with Crippen molar-refractivity contribution < 1.29 is 4.74 Å². The van der Waals surface area contributed by atoms with Crippen LogP contribution in [0.4, 0.5) is 0 Å². The molecule has 0 spiro atoms. The topological polar surface area (TPSA) is 38.5 Å². The fraction of sp³-hybridized carbons (Fsp3) is 0.647. The molecule has 1 fully saturated rings. The quantitative estimate of drug-likeness (QED) is 0.921. The molecule has 0 aliphatic carbocycles. The molecule has 0 aromatic heterocycles. The summed E-state index contributed by atoms with van der Waals surface area (Å²) in [4.78, 5) is 2.49. The van der Waals surface area contributed by atoms with Crippen LogP contribution in [-0.2, 0) is 0 Å². The van der Waals surface area contributed by atoms with Crippen LogP contribution in [0.15, 0.2) is 18.2 Å². The Morgan fingerprint density at radius 1 is 1.43 bits per heavy atom. The predicted molar refractivity (Wildman–Crippen MR) is 88.9 cm³/mol. The van der Waals surface area contributed by atoms with Crippen LogP contribution in [-0.4, -0.2) is 31.6 Å². The summed E-state index contributed by atoms with van der Waals surface area (Å²) in [6.07, 6.45) is 1.24. The van der Waals surface area contributed by atoms with E-state index in [-0.39, 0.29) is 6.04 Å². The number of hydrogen-bond acceptors (Lipinski definition) is 3. The molecule has 0 saturated carbocycles. The monoisotopic (exact) mass is 310 g/mol. The molecule has 0 radical (unpaired) electrons. The lowest BCUT2D eigenvalue weighted by Gasteiger charge is -2.30. The van der Waals surface area contributed by atoms with Gasteiger partial charge in [-0.3, -0.25) is 4.90 Å². The molecule has 3 nitrogen and oxygen atoms in total. The number of methoxy groups -OCH3 is 1. The largest absolute Gasteiger partial charge is 0.495 e. The second-order valence-electron chi connectivity index (χ2n) is 6.99. The summed E-state index contributed by atoms with van der Waals surface area (Å²) in [6, 6.07) is 6.23. The van der Waals surface area contributed by atoms with Crippen molar-refractivity contribution in [1.82, 2.24) is 4.90 Å². The smallest absolute Gasteiger partial charge is 0.137 e. The minimum atomic E-state index is 0.237. The maximum Gasteiger partial charge on any atom is 0.137 e. The highest BCUT2D eigenvalue weighted by Gasteiger charge is 2.34. The van der Waals surface area contributed by atoms with Crippen LogP contribution in [0.25, 0.3) is 0 Å². The molecular formula is C17H27ClN2O. The summed E-state index contributed by atoms with van der Waals surface area (Å²) in [5, 5.41) is 0.653. The van der Waals surface area contributed by atoms with E-state index in [1.54, 1.807) is 7.11 Å². The minimum absolute atomic E-state index is 0.237. The molecule has 1 aromatic rings. The van der Waals surface area contributed by atoms with Crippen molar-refractivity contribution in [3.8, 4) is 5.75 Å². The molecule has 2 atom stereocenters. The van der Waals surface area contributed by atoms with Crippen molar-refractivity contribution in [2.45, 2.75) is 33.2 Å². The van der Waals surface area contributed by atoms with Crippen LogP contribution in [0, 0.1) is 11.3 Å². The molecular weight excluding hydrogens is 284 g/mol. The van der Waals surface area contributed by atoms with Crippen LogP contribution < -0.4 is 10.5 Å². The van der Waals surface area contributed by atoms with Gasteiger partial charge in [-0.1, -0.05) is 38.4 Å². The third-order valence-electron chi connectivity index (χ3n) is 4.67. The van der Waals surface area contributed by atoms with E-state index in [0.29, 0.717) is 22.7 Å². The van der Waals surface area contributed by atoms with Crippen molar-refractivity contribution in [1.29, 1.82) is 0 Å². The van der Waals surface area contributed by atoms with E-state index in [1.807, 2.05) is 12.1 Å². The number of rotatable bonds is 4. The number of hydrogen-bond donors (Lipinski definition) is 1. The molecule has 0 amide bonds. The van der Waals surface area contributed by atoms with Crippen molar-refractivity contribution in [3.05, 3.63) is 28.8 Å². The van der Waals surface area contributed by atoms with Gasteiger partial charge in [0.05, 0.1) is 12.1 Å². The second kappa shape index (κ2) is 6.55. The second-order valence-corrected chi connectivity index (χ2v) is 7.40. The summed E-state index contributed by atoms with van der Waals surface area (Å²) in [5.74, 6) is 1.44. The molecule has 1 aliphatic heterocycles. The van der Waals surface area contributed by atoms with Crippen LogP contribution >= 0.6 is 11.6 Å². The van der Waals surface area contributed by atoms with E-state index in [9.17, 15) is 0 Å². The molecule has 1 aromatic carbocycles. The zero-order valence-corrected chi connectivity index (χ0v) is 14.3. The average Bonchev–Trinajstić information content (AvgIpc) is 2.89. The van der Waals surface area contributed by atoms with E-state index >= 15 is 0 Å². The Bertz CT molecular complexity index is 484. The number of halogens is 1. The Labute approximate surface area is 133 Å². The van der Waals surface area contributed by atoms with E-state index in [1.165, 1.54) is 12.0 Å². The highest BCUT2D eigenvalue weighted by molar-refractivity contribution is 6.32. The lowest BCUT2D eigenvalue weighted by atomic mass is 9.80. The normalized spacial score (nSPS) is 21.5. The zero-order valence-electron chi connectivity index (χ0n) is 13.5. The van der Waals surface area contributed by atoms with Crippen LogP contribution in [0.1, 0.15) is 38.8 Å². The molecule has 1 aliphatic rings. The summed E-state index contributed by atoms with van der Waals surface area (Å²) in [5.41, 5.74) is 7.57. The Morgan fingerprint density at radius 3 is 2.62 bits per heavy atom. The molecule has 118 valence electrons. The number of likely N-dealkylation sites (tertiary alicyclic amines) is 1. The number of benzene rings is 1. The van der Waals surface area contributed by atoms with E-state index in [0.717, 1.165) is 19.0 Å². The highest BCUT2D eigenvalue weighted by Crippen LogP contribution is 2.37. The van der Waals surface area contributed by atoms with Gasteiger partial charge in [0.1, 0.15) is 5.75 Å². The van der Waals surface area contributed by atoms with Gasteiger partial charge < -0.3 is 10.5 Å². The Kier molecular flexibility index (Phi) is 5.18. The van der Waals surface area contributed by atoms with Gasteiger partial charge in [-0.15, -0.1) is 0 Å². The summed E-state index contributed by atoms with van der Waals surface area (Å²) in [7, 11) is 1.63. The third-order valence-corrected chi connectivity index (χ3v) is 4.96. The van der Waals surface area contributed by atoms with Gasteiger partial charge in [-0.05, 0) is 42.0 Å². The highest BCUT2D eigenvalue weighted by atomic mass is 35.5. The Morgan fingerprint density at radius 2 is 2.14 bits per heavy atom. The first kappa shape index (κ1) is 16.6. The number of ether oxygens (including phenoxy) is 1. The first-order chi connectivity index (χ1) is 9.86. The molecule has 2 N–H and O–H groups in total. The fourth-order valence-corrected chi connectivity index (χ4v) is 3.43. The molecule has 4 heteroatoms. The Hall–Kier alpha value is -0.770. The van der Waals surface area contributed by atoms with Gasteiger partial charge in [0, 0.05) is 19.1 Å². The van der Waals surface area contributed by atoms with Gasteiger partial charge in [-0.2, -0.15) is 0 Å². The molecule has 2 unspecified atom stereocenters. The van der Waals surface area contributed by atoms with Crippen molar-refractivity contribution >= 4 is 11.6 Å². The zero-order chi connectivity index (χ0) is 15.6. The summed E-state index contributed by atoms with van der Waals surface area (Å²) >= 11 is 6.25. The molecule has 21 heavy (non-hydrogen) atoms. The van der Waals surface area contributed by atoms with E-state index < -0.39 is 0 Å². The molecule has 1 saturated heterocycles. The van der Waals surface area contributed by atoms with Gasteiger partial charge in [-0.25, -0.2) is 0 Å². The van der Waals surface area contributed by atoms with Crippen LogP contribution in [0.3, 0.4) is 0 Å². The molecule has 0 bridgehead atoms. The van der Waals surface area contributed by atoms with Crippen molar-refractivity contribution in [2.75, 3.05) is 26.7 Å². The van der Waals surface area contributed by atoms with Gasteiger partial charge in [0.25, 0.3) is 0 Å². The van der Waals surface area contributed by atoms with Crippen LogP contribution in [0.5, 0.6) is 5.75 Å². The van der Waals surface area contributed by atoms with E-state index in [4.69, 9.17) is 22.1 Å². The van der Waals surface area contributed by atoms with Crippen LogP contribution in [0.2, 0.25) is 5.02 Å². The minimum Gasteiger partial charge on any atom is -0.495 e. The number of nitrogens with zero attached hydrogens (tertiary/aromatic N) is 1. The maximum absolute atomic E-state index is 6.25. The predicted octanol–water partition coefficient (Wildman–Crippen LogP) is 3.72.